The lowest BCUT2D eigenvalue weighted by atomic mass is 10.1. The zero-order valence-corrected chi connectivity index (χ0v) is 6.90. The van der Waals surface area contributed by atoms with E-state index in [1.807, 2.05) is 12.1 Å². The molecular weight excluding hydrogens is 152 g/mol. The molecule has 0 aromatic heterocycles. The van der Waals surface area contributed by atoms with Crippen molar-refractivity contribution in [2.24, 2.45) is 5.73 Å². The molecule has 3 heteroatoms. The molecule has 0 heterocycles. The van der Waals surface area contributed by atoms with Crippen LogP contribution in [0.3, 0.4) is 0 Å². The number of nitrogen functional groups attached to an aromatic ring is 1. The summed E-state index contributed by atoms with van der Waals surface area (Å²) in [5, 5.41) is 9.51. The highest BCUT2D eigenvalue weighted by atomic mass is 16.3. The Bertz CT molecular complexity index is 250. The van der Waals surface area contributed by atoms with E-state index < -0.39 is 6.10 Å². The fourth-order valence-electron chi connectivity index (χ4n) is 1.09. The first-order valence-corrected chi connectivity index (χ1v) is 3.97. The zero-order valence-electron chi connectivity index (χ0n) is 6.90. The van der Waals surface area contributed by atoms with E-state index in [4.69, 9.17) is 11.5 Å². The van der Waals surface area contributed by atoms with E-state index in [1.54, 1.807) is 12.1 Å². The van der Waals surface area contributed by atoms with Gasteiger partial charge in [0.1, 0.15) is 0 Å². The summed E-state index contributed by atoms with van der Waals surface area (Å²) in [5.41, 5.74) is 12.4. The van der Waals surface area contributed by atoms with E-state index in [1.165, 1.54) is 0 Å². The first-order valence-electron chi connectivity index (χ1n) is 3.97. The molecule has 0 saturated heterocycles. The number of benzene rings is 1. The number of aliphatic hydroxyl groups excluding tert-OH is 1. The van der Waals surface area contributed by atoms with Gasteiger partial charge in [0, 0.05) is 5.69 Å². The molecule has 66 valence electrons. The largest absolute Gasteiger partial charge is 0.399 e. The maximum atomic E-state index is 9.51. The Kier molecular flexibility index (Phi) is 3.08. The predicted octanol–water partition coefficient (Wildman–Crippen LogP) is 0.651. The van der Waals surface area contributed by atoms with Gasteiger partial charge in [-0.3, -0.25) is 0 Å². The molecule has 0 aliphatic carbocycles. The van der Waals surface area contributed by atoms with E-state index >= 15 is 0 Å². The van der Waals surface area contributed by atoms with Gasteiger partial charge in [-0.25, -0.2) is 0 Å². The molecule has 5 N–H and O–H groups in total. The van der Waals surface area contributed by atoms with Crippen LogP contribution in [0.4, 0.5) is 5.69 Å². The Morgan fingerprint density at radius 1 is 1.42 bits per heavy atom. The van der Waals surface area contributed by atoms with E-state index in [-0.39, 0.29) is 0 Å². The number of rotatable bonds is 3. The highest BCUT2D eigenvalue weighted by Gasteiger charge is 2.05. The van der Waals surface area contributed by atoms with Gasteiger partial charge in [0.25, 0.3) is 0 Å². The third-order valence-electron chi connectivity index (χ3n) is 1.74. The Morgan fingerprint density at radius 2 is 2.17 bits per heavy atom. The normalized spacial score (nSPS) is 12.8. The third kappa shape index (κ3) is 2.22. The van der Waals surface area contributed by atoms with Crippen LogP contribution in [-0.4, -0.2) is 11.7 Å². The van der Waals surface area contributed by atoms with Crippen LogP contribution in [-0.2, 0) is 0 Å². The maximum Gasteiger partial charge on any atom is 0.0802 e. The molecular formula is C9H14N2O. The minimum Gasteiger partial charge on any atom is -0.399 e. The summed E-state index contributed by atoms with van der Waals surface area (Å²) >= 11 is 0. The van der Waals surface area contributed by atoms with Gasteiger partial charge in [-0.15, -0.1) is 0 Å². The fourth-order valence-corrected chi connectivity index (χ4v) is 1.09. The van der Waals surface area contributed by atoms with Crippen molar-refractivity contribution in [3.8, 4) is 0 Å². The molecule has 0 fully saturated rings. The predicted molar refractivity (Wildman–Crippen MR) is 49.5 cm³/mol. The summed E-state index contributed by atoms with van der Waals surface area (Å²) in [7, 11) is 0. The summed E-state index contributed by atoms with van der Waals surface area (Å²) in [6.07, 6.45) is 0.0854. The number of nitrogens with two attached hydrogens (primary N) is 2. The van der Waals surface area contributed by atoms with Crippen LogP contribution in [0.15, 0.2) is 24.3 Å². The monoisotopic (exact) mass is 166 g/mol. The van der Waals surface area contributed by atoms with Crippen LogP contribution in [0.5, 0.6) is 0 Å². The number of hydrogen-bond acceptors (Lipinski definition) is 3. The Morgan fingerprint density at radius 3 is 2.75 bits per heavy atom. The van der Waals surface area contributed by atoms with Crippen molar-refractivity contribution in [2.45, 2.75) is 12.5 Å². The Balaban J connectivity index is 2.73. The maximum absolute atomic E-state index is 9.51. The van der Waals surface area contributed by atoms with Crippen LogP contribution in [0.2, 0.25) is 0 Å². The van der Waals surface area contributed by atoms with E-state index in [0.29, 0.717) is 18.7 Å². The van der Waals surface area contributed by atoms with Crippen molar-refractivity contribution >= 4 is 5.69 Å². The first-order chi connectivity index (χ1) is 5.74. The van der Waals surface area contributed by atoms with Crippen LogP contribution < -0.4 is 11.5 Å². The zero-order chi connectivity index (χ0) is 8.97. The van der Waals surface area contributed by atoms with E-state index in [2.05, 4.69) is 0 Å². The van der Waals surface area contributed by atoms with Crippen molar-refractivity contribution in [3.63, 3.8) is 0 Å². The number of hydrogen-bond donors (Lipinski definition) is 3. The molecule has 0 bridgehead atoms. The second-order valence-electron chi connectivity index (χ2n) is 2.76. The topological polar surface area (TPSA) is 72.3 Å². The van der Waals surface area contributed by atoms with Crippen LogP contribution in [0.1, 0.15) is 18.1 Å². The van der Waals surface area contributed by atoms with Gasteiger partial charge in [0.05, 0.1) is 6.10 Å². The molecule has 1 atom stereocenters. The molecule has 0 spiro atoms. The molecule has 0 aliphatic rings. The molecule has 3 nitrogen and oxygen atoms in total. The van der Waals surface area contributed by atoms with Crippen molar-refractivity contribution in [1.82, 2.24) is 0 Å². The van der Waals surface area contributed by atoms with Crippen molar-refractivity contribution in [3.05, 3.63) is 29.8 Å². The summed E-state index contributed by atoms with van der Waals surface area (Å²) in [5.74, 6) is 0. The molecule has 0 radical (unpaired) electrons. The minimum atomic E-state index is -0.488. The fraction of sp³-hybridized carbons (Fsp3) is 0.333. The SMILES string of the molecule is NCCC(O)c1cccc(N)c1. The molecule has 0 saturated carbocycles. The summed E-state index contributed by atoms with van der Waals surface area (Å²) < 4.78 is 0. The smallest absolute Gasteiger partial charge is 0.0802 e. The lowest BCUT2D eigenvalue weighted by Gasteiger charge is -2.09. The second-order valence-corrected chi connectivity index (χ2v) is 2.76. The van der Waals surface area contributed by atoms with Crippen LogP contribution >= 0.6 is 0 Å². The quantitative estimate of drug-likeness (QED) is 0.577. The highest BCUT2D eigenvalue weighted by Crippen LogP contribution is 2.17. The number of aliphatic hydroxyl groups is 1. The lowest BCUT2D eigenvalue weighted by molar-refractivity contribution is 0.170. The van der Waals surface area contributed by atoms with Crippen LogP contribution in [0.25, 0.3) is 0 Å². The molecule has 1 aromatic rings. The Hall–Kier alpha value is -1.06. The second kappa shape index (κ2) is 4.09. The molecule has 0 amide bonds. The van der Waals surface area contributed by atoms with E-state index in [0.717, 1.165) is 5.56 Å². The molecule has 1 rings (SSSR count). The average Bonchev–Trinajstić information content (AvgIpc) is 2.05. The molecule has 0 aliphatic heterocycles. The number of anilines is 1. The van der Waals surface area contributed by atoms with Gasteiger partial charge in [-0.05, 0) is 30.7 Å². The van der Waals surface area contributed by atoms with E-state index in [9.17, 15) is 5.11 Å². The van der Waals surface area contributed by atoms with Gasteiger partial charge in [-0.2, -0.15) is 0 Å². The van der Waals surface area contributed by atoms with Crippen molar-refractivity contribution < 1.29 is 5.11 Å². The lowest BCUT2D eigenvalue weighted by Crippen LogP contribution is -2.06. The van der Waals surface area contributed by atoms with Crippen LogP contribution in [0, 0.1) is 0 Å². The average molecular weight is 166 g/mol. The summed E-state index contributed by atoms with van der Waals surface area (Å²) in [4.78, 5) is 0. The summed E-state index contributed by atoms with van der Waals surface area (Å²) in [6.45, 7) is 0.482. The summed E-state index contributed by atoms with van der Waals surface area (Å²) in [6, 6.07) is 7.22. The van der Waals surface area contributed by atoms with Gasteiger partial charge >= 0.3 is 0 Å². The molecule has 12 heavy (non-hydrogen) atoms. The van der Waals surface area contributed by atoms with Gasteiger partial charge in [-0.1, -0.05) is 12.1 Å². The minimum absolute atomic E-state index is 0.482. The first kappa shape index (κ1) is 9.03. The third-order valence-corrected chi connectivity index (χ3v) is 1.74. The van der Waals surface area contributed by atoms with Gasteiger partial charge < -0.3 is 16.6 Å². The standard InChI is InChI=1S/C9H14N2O/c10-5-4-9(12)7-2-1-3-8(11)6-7/h1-3,6,9,12H,4-5,10-11H2. The molecule has 1 unspecified atom stereocenters. The van der Waals surface area contributed by atoms with Gasteiger partial charge in [0.15, 0.2) is 0 Å². The van der Waals surface area contributed by atoms with Crippen molar-refractivity contribution in [1.29, 1.82) is 0 Å². The van der Waals surface area contributed by atoms with Crippen molar-refractivity contribution in [2.75, 3.05) is 12.3 Å². The highest BCUT2D eigenvalue weighted by molar-refractivity contribution is 5.41. The Labute approximate surface area is 72.0 Å². The van der Waals surface area contributed by atoms with Gasteiger partial charge in [0.2, 0.25) is 0 Å². The molecule has 1 aromatic carbocycles.